The number of aryl methyl sites for hydroxylation is 1. The van der Waals surface area contributed by atoms with Crippen molar-refractivity contribution in [3.05, 3.63) is 41.1 Å². The summed E-state index contributed by atoms with van der Waals surface area (Å²) in [4.78, 5) is 16.7. The summed E-state index contributed by atoms with van der Waals surface area (Å²) in [5, 5.41) is 3.00. The molecule has 0 spiro atoms. The minimum atomic E-state index is 0.0497. The maximum absolute atomic E-state index is 12.4. The Bertz CT molecular complexity index is 607. The highest BCUT2D eigenvalue weighted by molar-refractivity contribution is 5.75. The largest absolute Gasteiger partial charge is 0.368 e. The van der Waals surface area contributed by atoms with Crippen LogP contribution in [0.15, 0.2) is 30.0 Å². The van der Waals surface area contributed by atoms with E-state index in [1.807, 2.05) is 11.1 Å². The molecule has 1 N–H and O–H groups in total. The summed E-state index contributed by atoms with van der Waals surface area (Å²) in [6.45, 7) is 7.69. The van der Waals surface area contributed by atoms with Gasteiger partial charge in [-0.1, -0.05) is 24.1 Å². The Morgan fingerprint density at radius 2 is 1.75 bits per heavy atom. The van der Waals surface area contributed by atoms with E-state index in [0.29, 0.717) is 0 Å². The van der Waals surface area contributed by atoms with E-state index in [9.17, 15) is 4.79 Å². The zero-order chi connectivity index (χ0) is 16.9. The van der Waals surface area contributed by atoms with Gasteiger partial charge >= 0.3 is 6.03 Å². The van der Waals surface area contributed by atoms with Crippen LogP contribution in [0.2, 0.25) is 0 Å². The maximum atomic E-state index is 12.4. The molecule has 0 bridgehead atoms. The minimum absolute atomic E-state index is 0.0497. The Hall–Kier alpha value is -1.97. The molecule has 24 heavy (non-hydrogen) atoms. The summed E-state index contributed by atoms with van der Waals surface area (Å²) in [5.41, 5.74) is 5.37. The topological polar surface area (TPSA) is 35.6 Å². The second-order valence-electron chi connectivity index (χ2n) is 7.01. The predicted molar refractivity (Wildman–Crippen MR) is 99.4 cm³/mol. The van der Waals surface area contributed by atoms with Crippen molar-refractivity contribution in [1.82, 2.24) is 10.2 Å². The zero-order valence-electron chi connectivity index (χ0n) is 15.0. The van der Waals surface area contributed by atoms with Crippen LogP contribution < -0.4 is 10.2 Å². The molecule has 1 aliphatic heterocycles. The highest BCUT2D eigenvalue weighted by Gasteiger charge is 2.22. The molecular weight excluding hydrogens is 298 g/mol. The lowest BCUT2D eigenvalue weighted by Gasteiger charge is -2.36. The molecule has 4 heteroatoms. The third-order valence-electron chi connectivity index (χ3n) is 5.38. The van der Waals surface area contributed by atoms with Gasteiger partial charge in [-0.2, -0.15) is 0 Å². The number of nitrogens with zero attached hydrogens (tertiary/aromatic N) is 2. The van der Waals surface area contributed by atoms with Gasteiger partial charge in [0.2, 0.25) is 0 Å². The van der Waals surface area contributed by atoms with E-state index in [0.717, 1.165) is 39.0 Å². The summed E-state index contributed by atoms with van der Waals surface area (Å²) in [5.74, 6) is 0. The van der Waals surface area contributed by atoms with Crippen molar-refractivity contribution in [1.29, 1.82) is 0 Å². The Morgan fingerprint density at radius 3 is 2.46 bits per heavy atom. The predicted octanol–water partition coefficient (Wildman–Crippen LogP) is 3.98. The van der Waals surface area contributed by atoms with E-state index in [1.54, 1.807) is 0 Å². The highest BCUT2D eigenvalue weighted by atomic mass is 16.2. The second-order valence-corrected chi connectivity index (χ2v) is 7.01. The first kappa shape index (κ1) is 16.9. The highest BCUT2D eigenvalue weighted by Crippen LogP contribution is 2.24. The number of anilines is 1. The van der Waals surface area contributed by atoms with Crippen molar-refractivity contribution < 1.29 is 4.79 Å². The van der Waals surface area contributed by atoms with Crippen molar-refractivity contribution in [3.8, 4) is 0 Å². The van der Waals surface area contributed by atoms with Crippen molar-refractivity contribution in [2.75, 3.05) is 31.1 Å². The number of urea groups is 1. The Morgan fingerprint density at radius 1 is 1.04 bits per heavy atom. The average molecular weight is 327 g/mol. The van der Waals surface area contributed by atoms with Gasteiger partial charge in [0.1, 0.15) is 0 Å². The average Bonchev–Trinajstić information content (AvgIpc) is 2.63. The van der Waals surface area contributed by atoms with E-state index in [-0.39, 0.29) is 6.03 Å². The summed E-state index contributed by atoms with van der Waals surface area (Å²) in [7, 11) is 0. The number of hydrogen-bond donors (Lipinski definition) is 1. The molecule has 130 valence electrons. The van der Waals surface area contributed by atoms with Crippen LogP contribution in [0.5, 0.6) is 0 Å². The van der Waals surface area contributed by atoms with Crippen molar-refractivity contribution in [2.45, 2.75) is 46.0 Å². The van der Waals surface area contributed by atoms with Crippen molar-refractivity contribution in [3.63, 3.8) is 0 Å². The van der Waals surface area contributed by atoms with Gasteiger partial charge < -0.3 is 15.1 Å². The van der Waals surface area contributed by atoms with Gasteiger partial charge in [-0.25, -0.2) is 4.79 Å². The quantitative estimate of drug-likeness (QED) is 0.892. The molecule has 0 radical (unpaired) electrons. The molecule has 2 fully saturated rings. The molecule has 1 aromatic carbocycles. The first-order valence-electron chi connectivity index (χ1n) is 9.19. The van der Waals surface area contributed by atoms with Crippen LogP contribution in [0, 0.1) is 13.8 Å². The van der Waals surface area contributed by atoms with Crippen LogP contribution in [0.1, 0.15) is 43.2 Å². The van der Waals surface area contributed by atoms with Gasteiger partial charge in [-0.3, -0.25) is 0 Å². The SMILES string of the molecule is Cc1cccc(N2CCN(C(=O)NC=C3CCCCC3)CC2)c1C. The van der Waals surface area contributed by atoms with Gasteiger partial charge in [0.05, 0.1) is 0 Å². The first-order chi connectivity index (χ1) is 11.6. The Labute approximate surface area is 145 Å². The number of allylic oxidation sites excluding steroid dienone is 1. The van der Waals surface area contributed by atoms with Crippen LogP contribution in [-0.2, 0) is 0 Å². The Balaban J connectivity index is 1.53. The molecule has 0 aromatic heterocycles. The van der Waals surface area contributed by atoms with Crippen LogP contribution in [0.4, 0.5) is 10.5 Å². The van der Waals surface area contributed by atoms with E-state index in [1.165, 1.54) is 41.6 Å². The molecule has 0 unspecified atom stereocenters. The summed E-state index contributed by atoms with van der Waals surface area (Å²) >= 11 is 0. The fourth-order valence-electron chi connectivity index (χ4n) is 3.63. The third kappa shape index (κ3) is 3.92. The minimum Gasteiger partial charge on any atom is -0.368 e. The maximum Gasteiger partial charge on any atom is 0.321 e. The monoisotopic (exact) mass is 327 g/mol. The molecule has 1 saturated heterocycles. The van der Waals surface area contributed by atoms with Gasteiger partial charge in [0.15, 0.2) is 0 Å². The summed E-state index contributed by atoms with van der Waals surface area (Å²) < 4.78 is 0. The number of carbonyl (C=O) groups is 1. The standard InChI is InChI=1S/C20H29N3O/c1-16-7-6-10-19(17(16)2)22-11-13-23(14-12-22)20(24)21-15-18-8-4-3-5-9-18/h6-7,10,15H,3-5,8-9,11-14H2,1-2H3,(H,21,24). The van der Waals surface area contributed by atoms with Crippen LogP contribution in [-0.4, -0.2) is 37.1 Å². The van der Waals surface area contributed by atoms with E-state index >= 15 is 0 Å². The molecule has 1 aromatic rings. The number of piperazine rings is 1. The van der Waals surface area contributed by atoms with Crippen molar-refractivity contribution in [2.24, 2.45) is 0 Å². The number of nitrogens with one attached hydrogen (secondary N) is 1. The normalized spacial score (nSPS) is 18.5. The molecule has 1 aliphatic carbocycles. The second kappa shape index (κ2) is 7.73. The molecule has 4 nitrogen and oxygen atoms in total. The van der Waals surface area contributed by atoms with E-state index in [4.69, 9.17) is 0 Å². The van der Waals surface area contributed by atoms with E-state index < -0.39 is 0 Å². The molecule has 3 rings (SSSR count). The number of carbonyl (C=O) groups excluding carboxylic acids is 1. The number of hydrogen-bond acceptors (Lipinski definition) is 2. The van der Waals surface area contributed by atoms with Gasteiger partial charge in [0, 0.05) is 38.1 Å². The number of amides is 2. The lowest BCUT2D eigenvalue weighted by atomic mass is 9.96. The lowest BCUT2D eigenvalue weighted by Crippen LogP contribution is -2.51. The lowest BCUT2D eigenvalue weighted by molar-refractivity contribution is 0.198. The van der Waals surface area contributed by atoms with Crippen LogP contribution in [0.25, 0.3) is 0 Å². The smallest absolute Gasteiger partial charge is 0.321 e. The third-order valence-corrected chi connectivity index (χ3v) is 5.38. The fourth-order valence-corrected chi connectivity index (χ4v) is 3.63. The zero-order valence-corrected chi connectivity index (χ0v) is 15.0. The van der Waals surface area contributed by atoms with E-state index in [2.05, 4.69) is 42.3 Å². The van der Waals surface area contributed by atoms with Gasteiger partial charge in [0.25, 0.3) is 0 Å². The molecule has 0 atom stereocenters. The molecule has 1 heterocycles. The Kier molecular flexibility index (Phi) is 5.44. The molecular formula is C20H29N3O. The first-order valence-corrected chi connectivity index (χ1v) is 9.19. The van der Waals surface area contributed by atoms with Gasteiger partial charge in [-0.15, -0.1) is 0 Å². The summed E-state index contributed by atoms with van der Waals surface area (Å²) in [6, 6.07) is 6.51. The number of benzene rings is 1. The molecule has 2 amide bonds. The van der Waals surface area contributed by atoms with Crippen molar-refractivity contribution >= 4 is 11.7 Å². The number of rotatable bonds is 2. The fraction of sp³-hybridized carbons (Fsp3) is 0.550. The van der Waals surface area contributed by atoms with Crippen LogP contribution >= 0.6 is 0 Å². The summed E-state index contributed by atoms with van der Waals surface area (Å²) in [6.07, 6.45) is 8.08. The van der Waals surface area contributed by atoms with Crippen LogP contribution in [0.3, 0.4) is 0 Å². The molecule has 1 saturated carbocycles. The molecule has 2 aliphatic rings. The van der Waals surface area contributed by atoms with Gasteiger partial charge in [-0.05, 0) is 56.7 Å².